The van der Waals surface area contributed by atoms with Crippen molar-refractivity contribution in [3.63, 3.8) is 0 Å². The Bertz CT molecular complexity index is 675. The van der Waals surface area contributed by atoms with Crippen LogP contribution in [0.4, 0.5) is 5.69 Å². The highest BCUT2D eigenvalue weighted by molar-refractivity contribution is 7.14. The van der Waals surface area contributed by atoms with Crippen LogP contribution in [-0.4, -0.2) is 23.2 Å². The van der Waals surface area contributed by atoms with Gasteiger partial charge in [0.25, 0.3) is 0 Å². The molecule has 1 aliphatic rings. The summed E-state index contributed by atoms with van der Waals surface area (Å²) < 4.78 is 0. The maximum absolute atomic E-state index is 12.2. The lowest BCUT2D eigenvalue weighted by molar-refractivity contribution is -0.121. The van der Waals surface area contributed by atoms with Crippen molar-refractivity contribution in [1.29, 1.82) is 0 Å². The van der Waals surface area contributed by atoms with E-state index in [-0.39, 0.29) is 5.91 Å². The number of carbonyl (C=O) groups excluding carboxylic acids is 1. The number of amides is 1. The van der Waals surface area contributed by atoms with Gasteiger partial charge in [0, 0.05) is 18.3 Å². The minimum absolute atomic E-state index is 0.132. The highest BCUT2D eigenvalue weighted by atomic mass is 32.1. The number of anilines is 1. The Morgan fingerprint density at radius 3 is 2.63 bits per heavy atom. The third-order valence-corrected chi connectivity index (χ3v) is 4.53. The predicted molar refractivity (Wildman–Crippen MR) is 76.5 cm³/mol. The van der Waals surface area contributed by atoms with Gasteiger partial charge in [-0.25, -0.2) is 0 Å². The predicted octanol–water partition coefficient (Wildman–Crippen LogP) is 2.77. The van der Waals surface area contributed by atoms with Gasteiger partial charge in [-0.3, -0.25) is 4.79 Å². The summed E-state index contributed by atoms with van der Waals surface area (Å²) in [5.41, 5.74) is 2.62. The molecule has 1 aromatic heterocycles. The fourth-order valence-electron chi connectivity index (χ4n) is 2.53. The number of fused-ring (bicyclic) bond motifs is 1. The minimum atomic E-state index is -0.445. The van der Waals surface area contributed by atoms with E-state index in [1.807, 2.05) is 46.0 Å². The highest BCUT2D eigenvalue weighted by Crippen LogP contribution is 2.42. The number of likely N-dealkylation sites (N-methyl/N-ethyl adjacent to an activating group) is 1. The van der Waals surface area contributed by atoms with Crippen molar-refractivity contribution >= 4 is 22.9 Å². The maximum atomic E-state index is 12.2. The molecule has 1 aliphatic heterocycles. The summed E-state index contributed by atoms with van der Waals surface area (Å²) in [7, 11) is 1.82. The van der Waals surface area contributed by atoms with E-state index < -0.39 is 5.41 Å². The van der Waals surface area contributed by atoms with E-state index in [9.17, 15) is 4.79 Å². The van der Waals surface area contributed by atoms with E-state index in [4.69, 9.17) is 0 Å². The van der Waals surface area contributed by atoms with Crippen molar-refractivity contribution in [1.82, 2.24) is 10.2 Å². The van der Waals surface area contributed by atoms with Crippen LogP contribution in [0.25, 0.3) is 10.6 Å². The van der Waals surface area contributed by atoms with Gasteiger partial charge in [0.1, 0.15) is 10.0 Å². The average molecular weight is 273 g/mol. The second kappa shape index (κ2) is 3.87. The van der Waals surface area contributed by atoms with Gasteiger partial charge in [-0.05, 0) is 32.4 Å². The van der Waals surface area contributed by atoms with Gasteiger partial charge < -0.3 is 4.90 Å². The standard InChI is InChI=1S/C14H15N3OS/c1-8-15-16-12(19-8)9-5-6-10-11(7-9)17(4)13(18)14(10,2)3/h5-7H,1-4H3. The van der Waals surface area contributed by atoms with Crippen LogP contribution in [0.1, 0.15) is 24.4 Å². The molecule has 3 rings (SSSR count). The third kappa shape index (κ3) is 1.69. The van der Waals surface area contributed by atoms with Crippen LogP contribution in [0.15, 0.2) is 18.2 Å². The number of hydrogen-bond acceptors (Lipinski definition) is 4. The topological polar surface area (TPSA) is 46.1 Å². The van der Waals surface area contributed by atoms with Gasteiger partial charge in [0.2, 0.25) is 5.91 Å². The lowest BCUT2D eigenvalue weighted by Crippen LogP contribution is -2.33. The first-order valence-corrected chi connectivity index (χ1v) is 6.96. The van der Waals surface area contributed by atoms with Crippen LogP contribution in [0, 0.1) is 6.92 Å². The number of hydrogen-bond donors (Lipinski definition) is 0. The molecule has 0 bridgehead atoms. The van der Waals surface area contributed by atoms with E-state index in [1.165, 1.54) is 0 Å². The molecule has 0 unspecified atom stereocenters. The summed E-state index contributed by atoms with van der Waals surface area (Å²) in [4.78, 5) is 14.0. The molecule has 1 aromatic carbocycles. The van der Waals surface area contributed by atoms with Gasteiger partial charge in [0.15, 0.2) is 0 Å². The molecule has 0 spiro atoms. The molecule has 2 aromatic rings. The Balaban J connectivity index is 2.14. The minimum Gasteiger partial charge on any atom is -0.314 e. The number of aryl methyl sites for hydroxylation is 1. The van der Waals surface area contributed by atoms with Crippen molar-refractivity contribution in [2.45, 2.75) is 26.2 Å². The van der Waals surface area contributed by atoms with Gasteiger partial charge in [-0.1, -0.05) is 23.5 Å². The fourth-order valence-corrected chi connectivity index (χ4v) is 3.22. The number of carbonyl (C=O) groups is 1. The van der Waals surface area contributed by atoms with E-state index in [0.29, 0.717) is 0 Å². The largest absolute Gasteiger partial charge is 0.314 e. The molecule has 2 heterocycles. The van der Waals surface area contributed by atoms with E-state index >= 15 is 0 Å². The molecule has 0 fully saturated rings. The van der Waals surface area contributed by atoms with Crippen molar-refractivity contribution in [3.05, 3.63) is 28.8 Å². The molecular formula is C14H15N3OS. The molecule has 0 radical (unpaired) electrons. The van der Waals surface area contributed by atoms with E-state index in [2.05, 4.69) is 10.2 Å². The van der Waals surface area contributed by atoms with Crippen LogP contribution in [-0.2, 0) is 10.2 Å². The lowest BCUT2D eigenvalue weighted by atomic mass is 9.86. The molecule has 1 amide bonds. The fraction of sp³-hybridized carbons (Fsp3) is 0.357. The van der Waals surface area contributed by atoms with Crippen molar-refractivity contribution in [2.75, 3.05) is 11.9 Å². The molecule has 19 heavy (non-hydrogen) atoms. The molecule has 0 atom stereocenters. The highest BCUT2D eigenvalue weighted by Gasteiger charge is 2.42. The van der Waals surface area contributed by atoms with Crippen LogP contribution in [0.5, 0.6) is 0 Å². The summed E-state index contributed by atoms with van der Waals surface area (Å²) in [5.74, 6) is 0.132. The zero-order valence-corrected chi connectivity index (χ0v) is 12.2. The number of nitrogens with zero attached hydrogens (tertiary/aromatic N) is 3. The van der Waals surface area contributed by atoms with Crippen LogP contribution in [0.3, 0.4) is 0 Å². The van der Waals surface area contributed by atoms with Gasteiger partial charge in [0.05, 0.1) is 5.41 Å². The number of benzene rings is 1. The van der Waals surface area contributed by atoms with Crippen LogP contribution >= 0.6 is 11.3 Å². The Morgan fingerprint density at radius 1 is 1.26 bits per heavy atom. The zero-order chi connectivity index (χ0) is 13.8. The Labute approximate surface area is 116 Å². The van der Waals surface area contributed by atoms with Gasteiger partial charge in [-0.15, -0.1) is 10.2 Å². The van der Waals surface area contributed by atoms with Gasteiger partial charge in [-0.2, -0.15) is 0 Å². The maximum Gasteiger partial charge on any atom is 0.236 e. The Kier molecular flexibility index (Phi) is 2.50. The molecule has 0 saturated carbocycles. The van der Waals surface area contributed by atoms with Crippen LogP contribution in [0.2, 0.25) is 0 Å². The first-order valence-electron chi connectivity index (χ1n) is 6.14. The van der Waals surface area contributed by atoms with Crippen molar-refractivity contribution in [3.8, 4) is 10.6 Å². The first kappa shape index (κ1) is 12.3. The van der Waals surface area contributed by atoms with Gasteiger partial charge >= 0.3 is 0 Å². The van der Waals surface area contributed by atoms with Crippen molar-refractivity contribution in [2.24, 2.45) is 0 Å². The third-order valence-electron chi connectivity index (χ3n) is 3.64. The quantitative estimate of drug-likeness (QED) is 0.802. The average Bonchev–Trinajstić information content (AvgIpc) is 2.88. The molecule has 0 N–H and O–H groups in total. The zero-order valence-electron chi connectivity index (χ0n) is 11.4. The Hall–Kier alpha value is -1.75. The second-order valence-electron chi connectivity index (χ2n) is 5.35. The molecule has 0 saturated heterocycles. The summed E-state index contributed by atoms with van der Waals surface area (Å²) in [6.07, 6.45) is 0. The van der Waals surface area contributed by atoms with Crippen LogP contribution < -0.4 is 4.90 Å². The summed E-state index contributed by atoms with van der Waals surface area (Å²) in [6, 6.07) is 6.08. The Morgan fingerprint density at radius 2 is 2.00 bits per heavy atom. The smallest absolute Gasteiger partial charge is 0.236 e. The van der Waals surface area contributed by atoms with E-state index in [0.717, 1.165) is 26.8 Å². The molecular weight excluding hydrogens is 258 g/mol. The van der Waals surface area contributed by atoms with Crippen molar-refractivity contribution < 1.29 is 4.79 Å². The lowest BCUT2D eigenvalue weighted by Gasteiger charge is -2.16. The second-order valence-corrected chi connectivity index (χ2v) is 6.53. The monoisotopic (exact) mass is 273 g/mol. The molecule has 4 nitrogen and oxygen atoms in total. The van der Waals surface area contributed by atoms with E-state index in [1.54, 1.807) is 16.2 Å². The first-order chi connectivity index (χ1) is 8.91. The molecule has 5 heteroatoms. The normalized spacial score (nSPS) is 16.8. The summed E-state index contributed by atoms with van der Waals surface area (Å²) >= 11 is 1.56. The molecule has 98 valence electrons. The number of aromatic nitrogens is 2. The summed E-state index contributed by atoms with van der Waals surface area (Å²) in [6.45, 7) is 5.87. The SMILES string of the molecule is Cc1nnc(-c2ccc3c(c2)N(C)C(=O)C3(C)C)s1. The number of rotatable bonds is 1. The molecule has 0 aliphatic carbocycles. The summed E-state index contributed by atoms with van der Waals surface area (Å²) in [5, 5.41) is 10.0.